The second-order valence-electron chi connectivity index (χ2n) is 6.81. The van der Waals surface area contributed by atoms with Crippen molar-refractivity contribution in [2.75, 3.05) is 0 Å². The Bertz CT molecular complexity index is 1060. The van der Waals surface area contributed by atoms with Crippen molar-refractivity contribution in [1.29, 1.82) is 0 Å². The molecule has 0 aliphatic heterocycles. The maximum atomic E-state index is 12.8. The smallest absolute Gasteiger partial charge is 0.285 e. The molecule has 0 radical (unpaired) electrons. The van der Waals surface area contributed by atoms with E-state index in [9.17, 15) is 8.42 Å². The van der Waals surface area contributed by atoms with Crippen LogP contribution in [0, 0.1) is 0 Å². The first-order chi connectivity index (χ1) is 13.1. The van der Waals surface area contributed by atoms with Crippen LogP contribution in [0.15, 0.2) is 75.3 Å². The van der Waals surface area contributed by atoms with Gasteiger partial charge in [0.1, 0.15) is 0 Å². The summed E-state index contributed by atoms with van der Waals surface area (Å²) in [7, 11) is -3.73. The van der Waals surface area contributed by atoms with Crippen LogP contribution in [0.2, 0.25) is 0 Å². The number of aromatic nitrogens is 1. The Hall–Kier alpha value is -2.18. The second kappa shape index (κ2) is 7.82. The monoisotopic (exact) mass is 398 g/mol. The van der Waals surface area contributed by atoms with E-state index in [4.69, 9.17) is 0 Å². The summed E-state index contributed by atoms with van der Waals surface area (Å²) in [5, 5.41) is 2.03. The largest absolute Gasteiger partial charge is 0.313 e. The van der Waals surface area contributed by atoms with Crippen molar-refractivity contribution in [3.05, 3.63) is 70.8 Å². The summed E-state index contributed by atoms with van der Waals surface area (Å²) in [6.07, 6.45) is 5.72. The summed E-state index contributed by atoms with van der Waals surface area (Å²) in [4.78, 5) is 0.791. The minimum absolute atomic E-state index is 0.231. The van der Waals surface area contributed by atoms with E-state index < -0.39 is 10.0 Å². The molecule has 0 bridgehead atoms. The molecule has 2 aromatic carbocycles. The first-order valence-electron chi connectivity index (χ1n) is 9.27. The molecule has 1 aromatic heterocycles. The molecule has 0 N–H and O–H groups in total. The lowest BCUT2D eigenvalue weighted by atomic mass is 9.95. The average molecular weight is 399 g/mol. The van der Waals surface area contributed by atoms with Gasteiger partial charge in [-0.25, -0.2) is 0 Å². The highest BCUT2D eigenvalue weighted by Gasteiger charge is 2.22. The molecule has 6 heteroatoms. The SMILES string of the molecule is O=S(=O)(N=c1scc(-c2ccccc2)n1C1CCCCC1)c1ccccc1. The highest BCUT2D eigenvalue weighted by atomic mass is 32.2. The summed E-state index contributed by atoms with van der Waals surface area (Å²) < 4.78 is 32.0. The van der Waals surface area contributed by atoms with Gasteiger partial charge in [-0.3, -0.25) is 0 Å². The van der Waals surface area contributed by atoms with Crippen LogP contribution < -0.4 is 4.80 Å². The molecule has 0 amide bonds. The molecule has 1 aliphatic rings. The van der Waals surface area contributed by atoms with Gasteiger partial charge in [-0.05, 0) is 30.5 Å². The Balaban J connectivity index is 1.87. The fourth-order valence-electron chi connectivity index (χ4n) is 3.65. The van der Waals surface area contributed by atoms with Gasteiger partial charge in [0.25, 0.3) is 10.0 Å². The van der Waals surface area contributed by atoms with Crippen molar-refractivity contribution in [2.24, 2.45) is 4.40 Å². The number of thiazole rings is 1. The fourth-order valence-corrected chi connectivity index (χ4v) is 5.84. The fraction of sp³-hybridized carbons (Fsp3) is 0.286. The maximum absolute atomic E-state index is 12.8. The number of nitrogens with zero attached hydrogens (tertiary/aromatic N) is 2. The van der Waals surface area contributed by atoms with Crippen LogP contribution >= 0.6 is 11.3 Å². The van der Waals surface area contributed by atoms with E-state index in [1.54, 1.807) is 30.3 Å². The lowest BCUT2D eigenvalue weighted by Gasteiger charge is -2.25. The Morgan fingerprint density at radius 3 is 2.19 bits per heavy atom. The van der Waals surface area contributed by atoms with Crippen molar-refractivity contribution in [1.82, 2.24) is 4.57 Å². The first-order valence-corrected chi connectivity index (χ1v) is 11.6. The van der Waals surface area contributed by atoms with Crippen LogP contribution in [-0.2, 0) is 10.0 Å². The third-order valence-electron chi connectivity index (χ3n) is 4.99. The molecule has 140 valence electrons. The van der Waals surface area contributed by atoms with Gasteiger partial charge >= 0.3 is 0 Å². The van der Waals surface area contributed by atoms with E-state index in [1.807, 2.05) is 23.6 Å². The quantitative estimate of drug-likeness (QED) is 0.620. The summed E-state index contributed by atoms with van der Waals surface area (Å²) in [6.45, 7) is 0. The Labute approximate surface area is 163 Å². The van der Waals surface area contributed by atoms with Gasteiger partial charge in [0.2, 0.25) is 4.80 Å². The molecule has 4 nitrogen and oxygen atoms in total. The van der Waals surface area contributed by atoms with Crippen LogP contribution in [0.1, 0.15) is 38.1 Å². The Morgan fingerprint density at radius 2 is 1.52 bits per heavy atom. The van der Waals surface area contributed by atoms with Crippen molar-refractivity contribution < 1.29 is 8.42 Å². The molecule has 4 rings (SSSR count). The molecule has 0 atom stereocenters. The first kappa shape index (κ1) is 18.2. The van der Waals surface area contributed by atoms with Crippen LogP contribution in [-0.4, -0.2) is 13.0 Å². The molecule has 3 aromatic rings. The van der Waals surface area contributed by atoms with E-state index in [0.717, 1.165) is 24.1 Å². The van der Waals surface area contributed by atoms with E-state index in [-0.39, 0.29) is 4.90 Å². The second-order valence-corrected chi connectivity index (χ2v) is 9.25. The minimum atomic E-state index is -3.73. The summed E-state index contributed by atoms with van der Waals surface area (Å²) in [5.41, 5.74) is 2.15. The standard InChI is InChI=1S/C21H22N2O2S2/c24-27(25,19-14-8-3-9-15-19)22-21-23(18-12-6-2-7-13-18)20(16-26-21)17-10-4-1-5-11-17/h1,3-5,8-11,14-16,18H,2,6-7,12-13H2. The predicted molar refractivity (Wildman–Crippen MR) is 109 cm³/mol. The molecular weight excluding hydrogens is 376 g/mol. The molecule has 1 heterocycles. The van der Waals surface area contributed by atoms with Crippen molar-refractivity contribution >= 4 is 21.4 Å². The predicted octanol–water partition coefficient (Wildman–Crippen LogP) is 5.01. The van der Waals surface area contributed by atoms with Crippen molar-refractivity contribution in [3.63, 3.8) is 0 Å². The van der Waals surface area contributed by atoms with Crippen LogP contribution in [0.25, 0.3) is 11.3 Å². The molecule has 0 saturated heterocycles. The van der Waals surface area contributed by atoms with Crippen LogP contribution in [0.5, 0.6) is 0 Å². The van der Waals surface area contributed by atoms with E-state index in [0.29, 0.717) is 10.8 Å². The van der Waals surface area contributed by atoms with Gasteiger partial charge < -0.3 is 4.57 Å². The topological polar surface area (TPSA) is 51.4 Å². The lowest BCUT2D eigenvalue weighted by molar-refractivity contribution is 0.351. The van der Waals surface area contributed by atoms with Crippen LogP contribution in [0.4, 0.5) is 0 Å². The molecule has 0 spiro atoms. The lowest BCUT2D eigenvalue weighted by Crippen LogP contribution is -2.25. The number of benzene rings is 2. The zero-order valence-electron chi connectivity index (χ0n) is 15.0. The Kier molecular flexibility index (Phi) is 5.27. The van der Waals surface area contributed by atoms with Gasteiger partial charge in [-0.15, -0.1) is 15.7 Å². The van der Waals surface area contributed by atoms with Gasteiger partial charge in [-0.2, -0.15) is 8.42 Å². The van der Waals surface area contributed by atoms with Crippen molar-refractivity contribution in [3.8, 4) is 11.3 Å². The summed E-state index contributed by atoms with van der Waals surface area (Å²) in [5.74, 6) is 0. The van der Waals surface area contributed by atoms with Gasteiger partial charge in [0.05, 0.1) is 10.6 Å². The van der Waals surface area contributed by atoms with E-state index >= 15 is 0 Å². The molecule has 1 aliphatic carbocycles. The molecule has 1 saturated carbocycles. The zero-order chi connectivity index (χ0) is 18.7. The molecule has 0 unspecified atom stereocenters. The molecule has 27 heavy (non-hydrogen) atoms. The Morgan fingerprint density at radius 1 is 0.889 bits per heavy atom. The average Bonchev–Trinajstić information content (AvgIpc) is 3.13. The van der Waals surface area contributed by atoms with Gasteiger partial charge in [0.15, 0.2) is 0 Å². The van der Waals surface area contributed by atoms with E-state index in [2.05, 4.69) is 21.1 Å². The van der Waals surface area contributed by atoms with Gasteiger partial charge in [-0.1, -0.05) is 67.8 Å². The highest BCUT2D eigenvalue weighted by Crippen LogP contribution is 2.32. The normalized spacial score (nSPS) is 16.5. The minimum Gasteiger partial charge on any atom is -0.313 e. The number of hydrogen-bond acceptors (Lipinski definition) is 3. The maximum Gasteiger partial charge on any atom is 0.285 e. The van der Waals surface area contributed by atoms with Crippen LogP contribution in [0.3, 0.4) is 0 Å². The summed E-state index contributed by atoms with van der Waals surface area (Å²) >= 11 is 1.40. The van der Waals surface area contributed by atoms with Crippen molar-refractivity contribution in [2.45, 2.75) is 43.0 Å². The molecular formula is C21H22N2O2S2. The highest BCUT2D eigenvalue weighted by molar-refractivity contribution is 7.90. The number of hydrogen-bond donors (Lipinski definition) is 0. The molecule has 1 fully saturated rings. The number of rotatable bonds is 4. The number of sulfonamides is 1. The van der Waals surface area contributed by atoms with E-state index in [1.165, 1.54) is 30.6 Å². The third kappa shape index (κ3) is 3.92. The third-order valence-corrected chi connectivity index (χ3v) is 7.23. The van der Waals surface area contributed by atoms with Gasteiger partial charge in [0, 0.05) is 11.4 Å². The zero-order valence-corrected chi connectivity index (χ0v) is 16.6. The summed E-state index contributed by atoms with van der Waals surface area (Å²) in [6, 6.07) is 18.9.